The van der Waals surface area contributed by atoms with Gasteiger partial charge >= 0.3 is 0 Å². The van der Waals surface area contributed by atoms with Gasteiger partial charge in [-0.25, -0.2) is 0 Å². The van der Waals surface area contributed by atoms with E-state index in [1.165, 1.54) is 38.6 Å². The Balaban J connectivity index is 2.16. The van der Waals surface area contributed by atoms with Gasteiger partial charge in [-0.2, -0.15) is 0 Å². The number of thiocarbonyl (C=S) groups is 1. The summed E-state index contributed by atoms with van der Waals surface area (Å²) >= 11 is 5.10. The van der Waals surface area contributed by atoms with Crippen LogP contribution in [0.4, 0.5) is 0 Å². The van der Waals surface area contributed by atoms with Crippen molar-refractivity contribution in [3.8, 4) is 0 Å². The number of likely N-dealkylation sites (tertiary alicyclic amines) is 1. The van der Waals surface area contributed by atoms with E-state index in [0.29, 0.717) is 11.0 Å². The molecule has 2 N–H and O–H groups in total. The van der Waals surface area contributed by atoms with Gasteiger partial charge in [0, 0.05) is 18.8 Å². The molecule has 0 aromatic carbocycles. The molecule has 0 amide bonds. The van der Waals surface area contributed by atoms with Gasteiger partial charge in [-0.15, -0.1) is 0 Å². The van der Waals surface area contributed by atoms with Crippen LogP contribution in [0, 0.1) is 0 Å². The zero-order valence-electron chi connectivity index (χ0n) is 11.6. The molecule has 0 bridgehead atoms. The molecule has 1 fully saturated rings. The quantitative estimate of drug-likeness (QED) is 0.859. The molecule has 4 heteroatoms. The van der Waals surface area contributed by atoms with Gasteiger partial charge in [0.1, 0.15) is 10.7 Å². The van der Waals surface area contributed by atoms with Crippen molar-refractivity contribution >= 4 is 17.2 Å². The molecule has 1 saturated heterocycles. The summed E-state index contributed by atoms with van der Waals surface area (Å²) in [6.07, 6.45) is 8.27. The predicted octanol–water partition coefficient (Wildman–Crippen LogP) is 2.87. The summed E-state index contributed by atoms with van der Waals surface area (Å²) in [7, 11) is 0. The summed E-state index contributed by atoms with van der Waals surface area (Å²) in [5.41, 5.74) is 7.72. The Morgan fingerprint density at radius 3 is 3.05 bits per heavy atom. The lowest BCUT2D eigenvalue weighted by atomic mass is 10.1. The van der Waals surface area contributed by atoms with Gasteiger partial charge in [-0.3, -0.25) is 9.88 Å². The third-order valence-corrected chi connectivity index (χ3v) is 4.16. The van der Waals surface area contributed by atoms with E-state index in [1.54, 1.807) is 6.20 Å². The lowest BCUT2D eigenvalue weighted by Crippen LogP contribution is -2.34. The van der Waals surface area contributed by atoms with E-state index >= 15 is 0 Å². The largest absolute Gasteiger partial charge is 0.388 e. The fourth-order valence-electron chi connectivity index (χ4n) is 2.91. The maximum atomic E-state index is 5.77. The van der Waals surface area contributed by atoms with Crippen molar-refractivity contribution in [1.29, 1.82) is 0 Å². The zero-order valence-corrected chi connectivity index (χ0v) is 12.5. The highest BCUT2D eigenvalue weighted by Gasteiger charge is 2.20. The third kappa shape index (κ3) is 3.74. The molecule has 104 valence electrons. The first kappa shape index (κ1) is 14.4. The van der Waals surface area contributed by atoms with E-state index in [0.717, 1.165) is 17.8 Å². The topological polar surface area (TPSA) is 42.2 Å². The van der Waals surface area contributed by atoms with E-state index in [9.17, 15) is 0 Å². The molecule has 0 radical (unpaired) electrons. The van der Waals surface area contributed by atoms with Crippen LogP contribution in [0.2, 0.25) is 0 Å². The summed E-state index contributed by atoms with van der Waals surface area (Å²) in [6, 6.07) is 4.75. The SMILES string of the molecule is CCC1CCCCCN1Cc1cccnc1C(N)=S. The van der Waals surface area contributed by atoms with E-state index in [2.05, 4.69) is 22.9 Å². The first-order valence-corrected chi connectivity index (χ1v) is 7.61. The van der Waals surface area contributed by atoms with Crippen molar-refractivity contribution in [2.24, 2.45) is 5.73 Å². The second-order valence-corrected chi connectivity index (χ2v) is 5.70. The highest BCUT2D eigenvalue weighted by molar-refractivity contribution is 7.80. The molecule has 0 aliphatic carbocycles. The molecular formula is C15H23N3S. The van der Waals surface area contributed by atoms with Gasteiger partial charge < -0.3 is 5.73 Å². The normalized spacial score (nSPS) is 21.0. The maximum absolute atomic E-state index is 5.77. The molecular weight excluding hydrogens is 254 g/mol. The highest BCUT2D eigenvalue weighted by atomic mass is 32.1. The fraction of sp³-hybridized carbons (Fsp3) is 0.600. The molecule has 0 saturated carbocycles. The first-order valence-electron chi connectivity index (χ1n) is 7.20. The maximum Gasteiger partial charge on any atom is 0.123 e. The number of nitrogens with zero attached hydrogens (tertiary/aromatic N) is 2. The Bertz CT molecular complexity index is 433. The Labute approximate surface area is 121 Å². The standard InChI is InChI=1S/C15H23N3S/c1-2-13-8-4-3-5-10-18(13)11-12-7-6-9-17-14(12)15(16)19/h6-7,9,13H,2-5,8,10-11H2,1H3,(H2,16,19). The van der Waals surface area contributed by atoms with E-state index < -0.39 is 0 Å². The summed E-state index contributed by atoms with van der Waals surface area (Å²) in [5.74, 6) is 0. The monoisotopic (exact) mass is 277 g/mol. The van der Waals surface area contributed by atoms with E-state index in [-0.39, 0.29) is 0 Å². The van der Waals surface area contributed by atoms with Crippen LogP contribution in [0.5, 0.6) is 0 Å². The van der Waals surface area contributed by atoms with Crippen molar-refractivity contribution in [2.45, 2.75) is 51.6 Å². The van der Waals surface area contributed by atoms with Crippen LogP contribution < -0.4 is 5.73 Å². The lowest BCUT2D eigenvalue weighted by Gasteiger charge is -2.29. The van der Waals surface area contributed by atoms with Crippen molar-refractivity contribution < 1.29 is 0 Å². The molecule has 19 heavy (non-hydrogen) atoms. The molecule has 1 aromatic rings. The van der Waals surface area contributed by atoms with Gasteiger partial charge in [-0.05, 0) is 37.4 Å². The number of hydrogen-bond acceptors (Lipinski definition) is 3. The molecule has 2 heterocycles. The average Bonchev–Trinajstić information content (AvgIpc) is 2.64. The number of rotatable bonds is 4. The zero-order chi connectivity index (χ0) is 13.7. The minimum Gasteiger partial charge on any atom is -0.388 e. The smallest absolute Gasteiger partial charge is 0.123 e. The van der Waals surface area contributed by atoms with E-state index in [4.69, 9.17) is 18.0 Å². The van der Waals surface area contributed by atoms with Gasteiger partial charge in [0.15, 0.2) is 0 Å². The number of nitrogens with two attached hydrogens (primary N) is 1. The minimum absolute atomic E-state index is 0.401. The molecule has 1 unspecified atom stereocenters. The lowest BCUT2D eigenvalue weighted by molar-refractivity contribution is 0.186. The second kappa shape index (κ2) is 6.96. The predicted molar refractivity (Wildman–Crippen MR) is 83.1 cm³/mol. The van der Waals surface area contributed by atoms with Crippen LogP contribution in [-0.4, -0.2) is 27.5 Å². The van der Waals surface area contributed by atoms with Gasteiger partial charge in [-0.1, -0.05) is 38.0 Å². The molecule has 1 atom stereocenters. The van der Waals surface area contributed by atoms with Gasteiger partial charge in [0.25, 0.3) is 0 Å². The Hall–Kier alpha value is -1.00. The first-order chi connectivity index (χ1) is 9.22. The average molecular weight is 277 g/mol. The molecule has 1 aliphatic heterocycles. The van der Waals surface area contributed by atoms with Gasteiger partial charge in [0.05, 0.1) is 0 Å². The van der Waals surface area contributed by atoms with Crippen molar-refractivity contribution in [2.75, 3.05) is 6.54 Å². The van der Waals surface area contributed by atoms with Crippen molar-refractivity contribution in [3.05, 3.63) is 29.6 Å². The van der Waals surface area contributed by atoms with Crippen LogP contribution in [0.3, 0.4) is 0 Å². The Kier molecular flexibility index (Phi) is 5.28. The van der Waals surface area contributed by atoms with E-state index in [1.807, 2.05) is 6.07 Å². The summed E-state index contributed by atoms with van der Waals surface area (Å²) in [6.45, 7) is 4.36. The summed E-state index contributed by atoms with van der Waals surface area (Å²) < 4.78 is 0. The highest BCUT2D eigenvalue weighted by Crippen LogP contribution is 2.22. The van der Waals surface area contributed by atoms with Crippen LogP contribution in [0.1, 0.15) is 50.3 Å². The van der Waals surface area contributed by atoms with Crippen LogP contribution in [0.15, 0.2) is 18.3 Å². The summed E-state index contributed by atoms with van der Waals surface area (Å²) in [4.78, 5) is 7.30. The van der Waals surface area contributed by atoms with Crippen molar-refractivity contribution in [1.82, 2.24) is 9.88 Å². The number of hydrogen-bond donors (Lipinski definition) is 1. The summed E-state index contributed by atoms with van der Waals surface area (Å²) in [5, 5.41) is 0. The number of aromatic nitrogens is 1. The Morgan fingerprint density at radius 2 is 2.32 bits per heavy atom. The minimum atomic E-state index is 0.401. The van der Waals surface area contributed by atoms with Crippen LogP contribution in [-0.2, 0) is 6.54 Å². The number of pyridine rings is 1. The molecule has 1 aromatic heterocycles. The molecule has 0 spiro atoms. The van der Waals surface area contributed by atoms with Crippen molar-refractivity contribution in [3.63, 3.8) is 0 Å². The molecule has 1 aliphatic rings. The second-order valence-electron chi connectivity index (χ2n) is 5.26. The fourth-order valence-corrected chi connectivity index (χ4v) is 3.10. The Morgan fingerprint density at radius 1 is 1.47 bits per heavy atom. The molecule has 3 nitrogen and oxygen atoms in total. The third-order valence-electron chi connectivity index (χ3n) is 3.97. The van der Waals surface area contributed by atoms with Gasteiger partial charge in [0.2, 0.25) is 0 Å². The van der Waals surface area contributed by atoms with Crippen LogP contribution >= 0.6 is 12.2 Å². The van der Waals surface area contributed by atoms with Crippen LogP contribution in [0.25, 0.3) is 0 Å². The molecule has 2 rings (SSSR count).